The highest BCUT2D eigenvalue weighted by Gasteiger charge is 2.14. The maximum atomic E-state index is 5.77. The van der Waals surface area contributed by atoms with E-state index in [0.717, 1.165) is 0 Å². The first-order valence-corrected chi connectivity index (χ1v) is 5.13. The van der Waals surface area contributed by atoms with Crippen LogP contribution in [-0.2, 0) is 0 Å². The number of halogens is 1. The maximum Gasteiger partial charge on any atom is 0.252 e. The molecule has 7 heteroatoms. The fourth-order valence-electron chi connectivity index (χ4n) is 1.14. The van der Waals surface area contributed by atoms with Crippen molar-refractivity contribution in [2.45, 2.75) is 13.0 Å². The Labute approximate surface area is 94.7 Å². The summed E-state index contributed by atoms with van der Waals surface area (Å²) in [5.74, 6) is 1.08. The molecule has 0 saturated carbocycles. The molecule has 1 atom stereocenters. The molecular weight excluding hydrogens is 260 g/mol. The maximum absolute atomic E-state index is 5.77. The molecule has 2 N–H and O–H groups in total. The molecule has 2 aromatic rings. The van der Waals surface area contributed by atoms with Crippen molar-refractivity contribution in [2.75, 3.05) is 0 Å². The number of aromatic nitrogens is 5. The molecule has 0 radical (unpaired) electrons. The number of rotatable bonds is 2. The summed E-state index contributed by atoms with van der Waals surface area (Å²) in [6, 6.07) is 1.51. The zero-order chi connectivity index (χ0) is 10.8. The number of hydrogen-bond donors (Lipinski definition) is 1. The molecule has 0 aliphatic heterocycles. The lowest BCUT2D eigenvalue weighted by Gasteiger charge is -2.05. The first kappa shape index (κ1) is 10.2. The van der Waals surface area contributed by atoms with Crippen LogP contribution >= 0.6 is 15.9 Å². The van der Waals surface area contributed by atoms with Gasteiger partial charge in [0.05, 0.1) is 6.04 Å². The fourth-order valence-corrected chi connectivity index (χ4v) is 1.48. The van der Waals surface area contributed by atoms with Crippen LogP contribution in [0.15, 0.2) is 23.2 Å². The summed E-state index contributed by atoms with van der Waals surface area (Å²) in [5.41, 5.74) is 5.77. The van der Waals surface area contributed by atoms with Gasteiger partial charge in [-0.25, -0.2) is 15.0 Å². The van der Waals surface area contributed by atoms with Crippen LogP contribution in [0.5, 0.6) is 0 Å². The number of nitrogens with two attached hydrogens (primary N) is 1. The molecule has 78 valence electrons. The van der Waals surface area contributed by atoms with Crippen LogP contribution < -0.4 is 5.73 Å². The Hall–Kier alpha value is -1.34. The van der Waals surface area contributed by atoms with Gasteiger partial charge in [0.2, 0.25) is 4.73 Å². The summed E-state index contributed by atoms with van der Waals surface area (Å²) in [7, 11) is 0. The summed E-state index contributed by atoms with van der Waals surface area (Å²) < 4.78 is 2.00. The highest BCUT2D eigenvalue weighted by Crippen LogP contribution is 2.13. The lowest BCUT2D eigenvalue weighted by Crippen LogP contribution is -2.14. The molecule has 0 amide bonds. The van der Waals surface area contributed by atoms with Crippen molar-refractivity contribution in [3.05, 3.63) is 29.0 Å². The van der Waals surface area contributed by atoms with Crippen LogP contribution in [0.3, 0.4) is 0 Å². The van der Waals surface area contributed by atoms with Gasteiger partial charge in [-0.2, -0.15) is 4.68 Å². The molecule has 0 saturated heterocycles. The van der Waals surface area contributed by atoms with E-state index in [1.54, 1.807) is 18.5 Å². The fraction of sp³-hybridized carbons (Fsp3) is 0.250. The van der Waals surface area contributed by atoms with Crippen molar-refractivity contribution in [3.8, 4) is 5.95 Å². The Morgan fingerprint density at radius 1 is 1.40 bits per heavy atom. The second kappa shape index (κ2) is 4.03. The zero-order valence-corrected chi connectivity index (χ0v) is 9.59. The van der Waals surface area contributed by atoms with Gasteiger partial charge in [0.1, 0.15) is 0 Å². The SMILES string of the molecule is CC(N)c1nc(Br)nn1-c1ncccn1. The molecule has 2 heterocycles. The summed E-state index contributed by atoms with van der Waals surface area (Å²) in [6.45, 7) is 1.83. The van der Waals surface area contributed by atoms with Gasteiger partial charge in [-0.05, 0) is 28.9 Å². The Kier molecular flexibility index (Phi) is 2.74. The minimum Gasteiger partial charge on any atom is -0.322 e. The third kappa shape index (κ3) is 2.02. The Bertz CT molecular complexity index is 451. The van der Waals surface area contributed by atoms with Crippen molar-refractivity contribution in [2.24, 2.45) is 5.73 Å². The summed E-state index contributed by atoms with van der Waals surface area (Å²) >= 11 is 3.19. The smallest absolute Gasteiger partial charge is 0.252 e. The van der Waals surface area contributed by atoms with Crippen molar-refractivity contribution < 1.29 is 0 Å². The Balaban J connectivity index is 2.53. The second-order valence-electron chi connectivity index (χ2n) is 2.99. The average Bonchev–Trinajstić information content (AvgIpc) is 2.62. The highest BCUT2D eigenvalue weighted by atomic mass is 79.9. The highest BCUT2D eigenvalue weighted by molar-refractivity contribution is 9.10. The standard InChI is InChI=1S/C8H9BrN6/c1-5(10)6-13-7(9)14-15(6)8-11-3-2-4-12-8/h2-5H,10H2,1H3. The molecule has 0 spiro atoms. The largest absolute Gasteiger partial charge is 0.322 e. The van der Waals surface area contributed by atoms with Gasteiger partial charge in [-0.1, -0.05) is 0 Å². The van der Waals surface area contributed by atoms with Crippen molar-refractivity contribution >= 4 is 15.9 Å². The first-order valence-electron chi connectivity index (χ1n) is 4.34. The predicted octanol–water partition coefficient (Wildman–Crippen LogP) is 0.840. The van der Waals surface area contributed by atoms with E-state index in [1.165, 1.54) is 4.68 Å². The lowest BCUT2D eigenvalue weighted by atomic mass is 10.3. The van der Waals surface area contributed by atoms with Crippen LogP contribution in [0.4, 0.5) is 0 Å². The molecule has 2 aromatic heterocycles. The van der Waals surface area contributed by atoms with Crippen LogP contribution in [0.25, 0.3) is 5.95 Å². The van der Waals surface area contributed by atoms with E-state index in [0.29, 0.717) is 16.5 Å². The van der Waals surface area contributed by atoms with Crippen LogP contribution in [0.1, 0.15) is 18.8 Å². The third-order valence-electron chi connectivity index (χ3n) is 1.76. The zero-order valence-electron chi connectivity index (χ0n) is 8.00. The van der Waals surface area contributed by atoms with E-state index in [1.807, 2.05) is 6.92 Å². The van der Waals surface area contributed by atoms with E-state index in [2.05, 4.69) is 36.0 Å². The quantitative estimate of drug-likeness (QED) is 0.873. The summed E-state index contributed by atoms with van der Waals surface area (Å²) in [5, 5.41) is 4.12. The molecule has 0 fully saturated rings. The van der Waals surface area contributed by atoms with E-state index in [-0.39, 0.29) is 6.04 Å². The van der Waals surface area contributed by atoms with Crippen molar-refractivity contribution in [1.82, 2.24) is 24.7 Å². The minimum atomic E-state index is -0.229. The van der Waals surface area contributed by atoms with Gasteiger partial charge in [0.25, 0.3) is 5.95 Å². The lowest BCUT2D eigenvalue weighted by molar-refractivity contribution is 0.668. The predicted molar refractivity (Wildman–Crippen MR) is 57.3 cm³/mol. The normalized spacial score (nSPS) is 12.7. The molecular formula is C8H9BrN6. The first-order chi connectivity index (χ1) is 7.18. The van der Waals surface area contributed by atoms with Crippen LogP contribution in [0.2, 0.25) is 0 Å². The van der Waals surface area contributed by atoms with Gasteiger partial charge in [0, 0.05) is 12.4 Å². The molecule has 0 aliphatic rings. The third-order valence-corrected chi connectivity index (χ3v) is 2.09. The summed E-state index contributed by atoms with van der Waals surface area (Å²) in [4.78, 5) is 12.3. The average molecular weight is 269 g/mol. The minimum absolute atomic E-state index is 0.229. The molecule has 0 aliphatic carbocycles. The molecule has 0 bridgehead atoms. The monoisotopic (exact) mass is 268 g/mol. The molecule has 0 aromatic carbocycles. The van der Waals surface area contributed by atoms with Gasteiger partial charge < -0.3 is 5.73 Å². The molecule has 2 rings (SSSR count). The number of hydrogen-bond acceptors (Lipinski definition) is 5. The van der Waals surface area contributed by atoms with E-state index in [9.17, 15) is 0 Å². The van der Waals surface area contributed by atoms with Gasteiger partial charge in [0.15, 0.2) is 5.82 Å². The van der Waals surface area contributed by atoms with Crippen molar-refractivity contribution in [3.63, 3.8) is 0 Å². The molecule has 1 unspecified atom stereocenters. The topological polar surface area (TPSA) is 82.5 Å². The Morgan fingerprint density at radius 2 is 2.07 bits per heavy atom. The van der Waals surface area contributed by atoms with Gasteiger partial charge in [-0.3, -0.25) is 0 Å². The molecule has 15 heavy (non-hydrogen) atoms. The van der Waals surface area contributed by atoms with Crippen LogP contribution in [-0.4, -0.2) is 24.7 Å². The van der Waals surface area contributed by atoms with E-state index in [4.69, 9.17) is 5.73 Å². The second-order valence-corrected chi connectivity index (χ2v) is 3.70. The van der Waals surface area contributed by atoms with Gasteiger partial charge in [-0.15, -0.1) is 5.10 Å². The van der Waals surface area contributed by atoms with Crippen molar-refractivity contribution in [1.29, 1.82) is 0 Å². The number of nitrogens with zero attached hydrogens (tertiary/aromatic N) is 5. The van der Waals surface area contributed by atoms with E-state index < -0.39 is 0 Å². The molecule has 6 nitrogen and oxygen atoms in total. The van der Waals surface area contributed by atoms with Gasteiger partial charge >= 0.3 is 0 Å². The van der Waals surface area contributed by atoms with Crippen LogP contribution in [0, 0.1) is 0 Å². The Morgan fingerprint density at radius 3 is 2.67 bits per heavy atom. The summed E-state index contributed by atoms with van der Waals surface area (Å²) in [6.07, 6.45) is 3.28. The van der Waals surface area contributed by atoms with E-state index >= 15 is 0 Å².